The molecule has 102 valence electrons. The van der Waals surface area contributed by atoms with Crippen molar-refractivity contribution in [3.8, 4) is 0 Å². The minimum absolute atomic E-state index is 0.351. The van der Waals surface area contributed by atoms with E-state index < -0.39 is 0 Å². The summed E-state index contributed by atoms with van der Waals surface area (Å²) in [4.78, 5) is 2.43. The molecule has 0 saturated carbocycles. The standard InChI is InChI=1S/C14H30N2O/c1-12(14(2,3)4)16(5)9-8-15-11-13-7-6-10-17-13/h12-13,15H,6-11H2,1-5H3. The van der Waals surface area contributed by atoms with Gasteiger partial charge in [-0.2, -0.15) is 0 Å². The molecule has 0 radical (unpaired) electrons. The maximum atomic E-state index is 5.59. The third-order valence-electron chi connectivity index (χ3n) is 3.95. The third-order valence-corrected chi connectivity index (χ3v) is 3.95. The average molecular weight is 242 g/mol. The van der Waals surface area contributed by atoms with Crippen molar-refractivity contribution < 1.29 is 4.74 Å². The predicted molar refractivity (Wildman–Crippen MR) is 73.4 cm³/mol. The number of rotatable bonds is 6. The van der Waals surface area contributed by atoms with Crippen molar-refractivity contribution in [1.82, 2.24) is 10.2 Å². The van der Waals surface area contributed by atoms with E-state index in [1.807, 2.05) is 0 Å². The van der Waals surface area contributed by atoms with Gasteiger partial charge in [0, 0.05) is 32.3 Å². The van der Waals surface area contributed by atoms with Crippen LogP contribution in [0.5, 0.6) is 0 Å². The molecule has 17 heavy (non-hydrogen) atoms. The van der Waals surface area contributed by atoms with Crippen LogP contribution in [0.15, 0.2) is 0 Å². The van der Waals surface area contributed by atoms with Gasteiger partial charge in [0.2, 0.25) is 0 Å². The Morgan fingerprint density at radius 3 is 2.65 bits per heavy atom. The van der Waals surface area contributed by atoms with Crippen LogP contribution in [0.4, 0.5) is 0 Å². The lowest BCUT2D eigenvalue weighted by molar-refractivity contribution is 0.106. The summed E-state index contributed by atoms with van der Waals surface area (Å²) in [6.07, 6.45) is 2.91. The zero-order chi connectivity index (χ0) is 12.9. The van der Waals surface area contributed by atoms with Crippen LogP contribution < -0.4 is 5.32 Å². The first-order valence-electron chi connectivity index (χ1n) is 6.94. The lowest BCUT2D eigenvalue weighted by Crippen LogP contribution is -2.43. The lowest BCUT2D eigenvalue weighted by Gasteiger charge is -2.35. The first-order valence-corrected chi connectivity index (χ1v) is 6.94. The normalized spacial score (nSPS) is 23.3. The number of nitrogens with zero attached hydrogens (tertiary/aromatic N) is 1. The molecule has 3 heteroatoms. The Morgan fingerprint density at radius 2 is 2.12 bits per heavy atom. The Balaban J connectivity index is 2.09. The van der Waals surface area contributed by atoms with Gasteiger partial charge >= 0.3 is 0 Å². The molecular formula is C14H30N2O. The SMILES string of the molecule is CC(N(C)CCNCC1CCCO1)C(C)(C)C. The molecule has 0 aromatic carbocycles. The van der Waals surface area contributed by atoms with Crippen molar-refractivity contribution in [2.24, 2.45) is 5.41 Å². The smallest absolute Gasteiger partial charge is 0.0700 e. The second-order valence-electron chi connectivity index (χ2n) is 6.36. The van der Waals surface area contributed by atoms with Crippen LogP contribution in [0.2, 0.25) is 0 Å². The predicted octanol–water partition coefficient (Wildman–Crippen LogP) is 2.12. The summed E-state index contributed by atoms with van der Waals surface area (Å²) in [7, 11) is 2.21. The quantitative estimate of drug-likeness (QED) is 0.722. The van der Waals surface area contributed by atoms with Crippen molar-refractivity contribution >= 4 is 0 Å². The van der Waals surface area contributed by atoms with Gasteiger partial charge in [-0.3, -0.25) is 0 Å². The molecule has 1 saturated heterocycles. The molecule has 0 aliphatic carbocycles. The zero-order valence-corrected chi connectivity index (χ0v) is 12.3. The molecule has 3 nitrogen and oxygen atoms in total. The van der Waals surface area contributed by atoms with Crippen molar-refractivity contribution in [3.63, 3.8) is 0 Å². The molecule has 1 rings (SSSR count). The fraction of sp³-hybridized carbons (Fsp3) is 1.00. The second kappa shape index (κ2) is 6.72. The average Bonchev–Trinajstić information content (AvgIpc) is 2.74. The second-order valence-corrected chi connectivity index (χ2v) is 6.36. The summed E-state index contributed by atoms with van der Waals surface area (Å²) in [5, 5.41) is 3.50. The largest absolute Gasteiger partial charge is 0.377 e. The van der Waals surface area contributed by atoms with Crippen LogP contribution in [0.25, 0.3) is 0 Å². The van der Waals surface area contributed by atoms with Crippen molar-refractivity contribution in [2.75, 3.05) is 33.3 Å². The first kappa shape index (κ1) is 14.9. The monoisotopic (exact) mass is 242 g/mol. The molecular weight excluding hydrogens is 212 g/mol. The maximum Gasteiger partial charge on any atom is 0.0700 e. The van der Waals surface area contributed by atoms with Gasteiger partial charge in [-0.1, -0.05) is 20.8 Å². The fourth-order valence-electron chi connectivity index (χ4n) is 2.18. The van der Waals surface area contributed by atoms with E-state index in [4.69, 9.17) is 4.74 Å². The topological polar surface area (TPSA) is 24.5 Å². The molecule has 0 amide bonds. The van der Waals surface area contributed by atoms with Gasteiger partial charge in [-0.15, -0.1) is 0 Å². The van der Waals surface area contributed by atoms with E-state index in [0.29, 0.717) is 17.6 Å². The van der Waals surface area contributed by atoms with Crippen LogP contribution in [0.1, 0.15) is 40.5 Å². The maximum absolute atomic E-state index is 5.59. The Kier molecular flexibility index (Phi) is 5.90. The Labute approximate surface area is 107 Å². The van der Waals surface area contributed by atoms with Crippen LogP contribution in [0, 0.1) is 5.41 Å². The minimum Gasteiger partial charge on any atom is -0.377 e. The van der Waals surface area contributed by atoms with E-state index in [2.05, 4.69) is 45.0 Å². The number of hydrogen-bond acceptors (Lipinski definition) is 3. The van der Waals surface area contributed by atoms with Crippen molar-refractivity contribution in [1.29, 1.82) is 0 Å². The molecule has 1 heterocycles. The molecule has 1 aliphatic rings. The molecule has 0 aromatic rings. The van der Waals surface area contributed by atoms with Gasteiger partial charge in [0.1, 0.15) is 0 Å². The van der Waals surface area contributed by atoms with E-state index in [9.17, 15) is 0 Å². The van der Waals surface area contributed by atoms with Crippen LogP contribution in [0.3, 0.4) is 0 Å². The lowest BCUT2D eigenvalue weighted by atomic mass is 9.87. The van der Waals surface area contributed by atoms with Gasteiger partial charge < -0.3 is 15.0 Å². The molecule has 2 unspecified atom stereocenters. The Bertz CT molecular complexity index is 207. The van der Waals surface area contributed by atoms with Gasteiger partial charge in [0.25, 0.3) is 0 Å². The first-order chi connectivity index (χ1) is 7.91. The molecule has 0 bridgehead atoms. The summed E-state index contributed by atoms with van der Waals surface area (Å²) in [5.74, 6) is 0. The molecule has 0 aromatic heterocycles. The highest BCUT2D eigenvalue weighted by Gasteiger charge is 2.23. The summed E-state index contributed by atoms with van der Waals surface area (Å²) in [6.45, 7) is 13.3. The number of nitrogens with one attached hydrogen (secondary N) is 1. The van der Waals surface area contributed by atoms with Crippen LogP contribution in [-0.4, -0.2) is 50.3 Å². The minimum atomic E-state index is 0.351. The fourth-order valence-corrected chi connectivity index (χ4v) is 2.18. The Hall–Kier alpha value is -0.120. The number of hydrogen-bond donors (Lipinski definition) is 1. The van der Waals surface area contributed by atoms with E-state index in [-0.39, 0.29) is 0 Å². The van der Waals surface area contributed by atoms with E-state index >= 15 is 0 Å². The molecule has 0 spiro atoms. The van der Waals surface area contributed by atoms with Gasteiger partial charge in [-0.05, 0) is 32.2 Å². The van der Waals surface area contributed by atoms with Gasteiger partial charge in [0.15, 0.2) is 0 Å². The summed E-state index contributed by atoms with van der Waals surface area (Å²) in [6, 6.07) is 0.604. The molecule has 1 N–H and O–H groups in total. The Morgan fingerprint density at radius 1 is 1.41 bits per heavy atom. The highest BCUT2D eigenvalue weighted by atomic mass is 16.5. The van der Waals surface area contributed by atoms with E-state index in [1.54, 1.807) is 0 Å². The summed E-state index contributed by atoms with van der Waals surface area (Å²) in [5.41, 5.74) is 0.351. The van der Waals surface area contributed by atoms with Crippen molar-refractivity contribution in [3.05, 3.63) is 0 Å². The molecule has 1 aliphatic heterocycles. The number of likely N-dealkylation sites (N-methyl/N-ethyl adjacent to an activating group) is 1. The van der Waals surface area contributed by atoms with E-state index in [0.717, 1.165) is 26.2 Å². The highest BCUT2D eigenvalue weighted by Crippen LogP contribution is 2.22. The van der Waals surface area contributed by atoms with Crippen LogP contribution in [-0.2, 0) is 4.74 Å². The molecule has 1 fully saturated rings. The molecule has 2 atom stereocenters. The number of ether oxygens (including phenoxy) is 1. The zero-order valence-electron chi connectivity index (χ0n) is 12.3. The summed E-state index contributed by atoms with van der Waals surface area (Å²) < 4.78 is 5.59. The van der Waals surface area contributed by atoms with Gasteiger partial charge in [0.05, 0.1) is 6.10 Å². The third kappa shape index (κ3) is 5.36. The van der Waals surface area contributed by atoms with Crippen molar-refractivity contribution in [2.45, 2.75) is 52.7 Å². The summed E-state index contributed by atoms with van der Waals surface area (Å²) >= 11 is 0. The highest BCUT2D eigenvalue weighted by molar-refractivity contribution is 4.78. The van der Waals surface area contributed by atoms with E-state index in [1.165, 1.54) is 12.8 Å². The van der Waals surface area contributed by atoms with Crippen LogP contribution >= 0.6 is 0 Å². The van der Waals surface area contributed by atoms with Gasteiger partial charge in [-0.25, -0.2) is 0 Å².